The van der Waals surface area contributed by atoms with Crippen LogP contribution in [0, 0.1) is 5.92 Å². The molecule has 0 aromatic heterocycles. The van der Waals surface area contributed by atoms with Crippen LogP contribution < -0.4 is 10.6 Å². The highest BCUT2D eigenvalue weighted by molar-refractivity contribution is 5.94. The minimum Gasteiger partial charge on any atom is -0.368 e. The van der Waals surface area contributed by atoms with Crippen LogP contribution in [0.15, 0.2) is 24.3 Å². The molecule has 142 valence electrons. The number of benzene rings is 1. The zero-order chi connectivity index (χ0) is 18.4. The van der Waals surface area contributed by atoms with Gasteiger partial charge >= 0.3 is 6.03 Å². The summed E-state index contributed by atoms with van der Waals surface area (Å²) >= 11 is 0. The average molecular weight is 359 g/mol. The van der Waals surface area contributed by atoms with Gasteiger partial charge in [0.15, 0.2) is 0 Å². The van der Waals surface area contributed by atoms with Gasteiger partial charge in [-0.15, -0.1) is 0 Å². The Kier molecular flexibility index (Phi) is 6.50. The molecule has 2 fully saturated rings. The Bertz CT molecular complexity index is 605. The van der Waals surface area contributed by atoms with E-state index in [0.29, 0.717) is 18.2 Å². The van der Waals surface area contributed by atoms with E-state index >= 15 is 0 Å². The lowest BCUT2D eigenvalue weighted by atomic mass is 10.2. The van der Waals surface area contributed by atoms with Crippen LogP contribution in [-0.4, -0.2) is 42.6 Å². The molecule has 3 rings (SSSR count). The van der Waals surface area contributed by atoms with Crippen LogP contribution in [0.1, 0.15) is 45.4 Å². The SMILES string of the molecule is CC(OCC1CC1)C(=O)Nc1ccc(NC(=O)N2CCCCCC2)cc1. The van der Waals surface area contributed by atoms with Crippen molar-refractivity contribution in [3.05, 3.63) is 24.3 Å². The first-order chi connectivity index (χ1) is 12.6. The molecule has 0 spiro atoms. The molecule has 1 atom stereocenters. The summed E-state index contributed by atoms with van der Waals surface area (Å²) in [6.45, 7) is 4.07. The first-order valence-corrected chi connectivity index (χ1v) is 9.70. The van der Waals surface area contributed by atoms with E-state index in [9.17, 15) is 9.59 Å². The first-order valence-electron chi connectivity index (χ1n) is 9.70. The molecular formula is C20H29N3O3. The minimum absolute atomic E-state index is 0.0502. The lowest BCUT2D eigenvalue weighted by Gasteiger charge is -2.21. The zero-order valence-corrected chi connectivity index (χ0v) is 15.5. The summed E-state index contributed by atoms with van der Waals surface area (Å²) in [4.78, 5) is 26.3. The summed E-state index contributed by atoms with van der Waals surface area (Å²) in [6, 6.07) is 7.15. The quantitative estimate of drug-likeness (QED) is 0.810. The van der Waals surface area contributed by atoms with E-state index in [1.165, 1.54) is 25.7 Å². The van der Waals surface area contributed by atoms with Crippen molar-refractivity contribution in [1.29, 1.82) is 0 Å². The Morgan fingerprint density at radius 2 is 1.62 bits per heavy atom. The maximum atomic E-state index is 12.3. The van der Waals surface area contributed by atoms with E-state index in [0.717, 1.165) is 31.6 Å². The molecule has 1 saturated carbocycles. The standard InChI is InChI=1S/C20H29N3O3/c1-15(26-14-16-6-7-16)19(24)21-17-8-10-18(11-9-17)22-20(25)23-12-4-2-3-5-13-23/h8-11,15-16H,2-7,12-14H2,1H3,(H,21,24)(H,22,25). The molecule has 1 aliphatic heterocycles. The molecule has 26 heavy (non-hydrogen) atoms. The van der Waals surface area contributed by atoms with Crippen LogP contribution in [0.4, 0.5) is 16.2 Å². The lowest BCUT2D eigenvalue weighted by Crippen LogP contribution is -2.35. The molecule has 2 N–H and O–H groups in total. The van der Waals surface area contributed by atoms with E-state index in [1.807, 2.05) is 4.90 Å². The number of amides is 3. The zero-order valence-electron chi connectivity index (χ0n) is 15.5. The number of hydrogen-bond donors (Lipinski definition) is 2. The lowest BCUT2D eigenvalue weighted by molar-refractivity contribution is -0.126. The number of ether oxygens (including phenoxy) is 1. The summed E-state index contributed by atoms with van der Waals surface area (Å²) < 4.78 is 5.58. The summed E-state index contributed by atoms with van der Waals surface area (Å²) in [5.41, 5.74) is 1.43. The van der Waals surface area contributed by atoms with Gasteiger partial charge < -0.3 is 20.3 Å². The molecule has 2 aliphatic rings. The van der Waals surface area contributed by atoms with Gasteiger partial charge in [-0.05, 0) is 62.8 Å². The predicted octanol–water partition coefficient (Wildman–Crippen LogP) is 3.85. The smallest absolute Gasteiger partial charge is 0.321 e. The Morgan fingerprint density at radius 3 is 2.19 bits per heavy atom. The van der Waals surface area contributed by atoms with Crippen molar-refractivity contribution in [3.8, 4) is 0 Å². The van der Waals surface area contributed by atoms with Crippen LogP contribution >= 0.6 is 0 Å². The van der Waals surface area contributed by atoms with Crippen molar-refractivity contribution in [2.45, 2.75) is 51.6 Å². The number of carbonyl (C=O) groups is 2. The van der Waals surface area contributed by atoms with Gasteiger partial charge in [0.2, 0.25) is 0 Å². The van der Waals surface area contributed by atoms with Gasteiger partial charge in [-0.3, -0.25) is 4.79 Å². The number of carbonyl (C=O) groups excluding carboxylic acids is 2. The third kappa shape index (κ3) is 5.73. The predicted molar refractivity (Wildman–Crippen MR) is 102 cm³/mol. The van der Waals surface area contributed by atoms with Crippen molar-refractivity contribution in [1.82, 2.24) is 4.90 Å². The molecule has 3 amide bonds. The Morgan fingerprint density at radius 1 is 1.04 bits per heavy atom. The van der Waals surface area contributed by atoms with Gasteiger partial charge in [0.25, 0.3) is 5.91 Å². The van der Waals surface area contributed by atoms with E-state index in [1.54, 1.807) is 31.2 Å². The minimum atomic E-state index is -0.460. The summed E-state index contributed by atoms with van der Waals surface area (Å²) in [7, 11) is 0. The molecule has 0 radical (unpaired) electrons. The van der Waals surface area contributed by atoms with Gasteiger partial charge in [-0.25, -0.2) is 4.79 Å². The van der Waals surface area contributed by atoms with Crippen LogP contribution in [0.3, 0.4) is 0 Å². The largest absolute Gasteiger partial charge is 0.368 e. The molecule has 6 nitrogen and oxygen atoms in total. The number of anilines is 2. The Hall–Kier alpha value is -2.08. The van der Waals surface area contributed by atoms with Crippen LogP contribution in [0.2, 0.25) is 0 Å². The third-order valence-corrected chi connectivity index (χ3v) is 4.95. The van der Waals surface area contributed by atoms with Gasteiger partial charge in [0.05, 0.1) is 6.61 Å². The molecule has 0 bridgehead atoms. The number of likely N-dealkylation sites (tertiary alicyclic amines) is 1. The van der Waals surface area contributed by atoms with Crippen LogP contribution in [0.5, 0.6) is 0 Å². The molecule has 1 heterocycles. The maximum Gasteiger partial charge on any atom is 0.321 e. The highest BCUT2D eigenvalue weighted by atomic mass is 16.5. The fraction of sp³-hybridized carbons (Fsp3) is 0.600. The van der Waals surface area contributed by atoms with Gasteiger partial charge in [-0.1, -0.05) is 12.8 Å². The van der Waals surface area contributed by atoms with Crippen molar-refractivity contribution >= 4 is 23.3 Å². The highest BCUT2D eigenvalue weighted by Gasteiger charge is 2.24. The number of nitrogens with zero attached hydrogens (tertiary/aromatic N) is 1. The fourth-order valence-corrected chi connectivity index (χ4v) is 3.00. The maximum absolute atomic E-state index is 12.3. The molecule has 1 aromatic carbocycles. The fourth-order valence-electron chi connectivity index (χ4n) is 3.00. The van der Waals surface area contributed by atoms with Crippen LogP contribution in [0.25, 0.3) is 0 Å². The molecule has 1 aliphatic carbocycles. The van der Waals surface area contributed by atoms with Gasteiger partial charge in [0.1, 0.15) is 6.10 Å². The van der Waals surface area contributed by atoms with Crippen molar-refractivity contribution in [3.63, 3.8) is 0 Å². The summed E-state index contributed by atoms with van der Waals surface area (Å²) in [6.07, 6.45) is 6.48. The molecule has 6 heteroatoms. The van der Waals surface area contributed by atoms with Crippen LogP contribution in [-0.2, 0) is 9.53 Å². The number of rotatable bonds is 6. The molecule has 1 aromatic rings. The second kappa shape index (κ2) is 9.03. The second-order valence-corrected chi connectivity index (χ2v) is 7.32. The van der Waals surface area contributed by atoms with E-state index in [-0.39, 0.29) is 11.9 Å². The first kappa shape index (κ1) is 18.7. The number of nitrogens with one attached hydrogen (secondary N) is 2. The van der Waals surface area contributed by atoms with Gasteiger partial charge in [-0.2, -0.15) is 0 Å². The van der Waals surface area contributed by atoms with E-state index in [4.69, 9.17) is 4.74 Å². The molecule has 1 unspecified atom stereocenters. The number of urea groups is 1. The van der Waals surface area contributed by atoms with E-state index < -0.39 is 6.10 Å². The van der Waals surface area contributed by atoms with Crippen molar-refractivity contribution < 1.29 is 14.3 Å². The monoisotopic (exact) mass is 359 g/mol. The average Bonchev–Trinajstić information content (AvgIpc) is 3.48. The molecular weight excluding hydrogens is 330 g/mol. The molecule has 1 saturated heterocycles. The topological polar surface area (TPSA) is 70.7 Å². The summed E-state index contributed by atoms with van der Waals surface area (Å²) in [5.74, 6) is 0.490. The second-order valence-electron chi connectivity index (χ2n) is 7.32. The van der Waals surface area contributed by atoms with Gasteiger partial charge in [0, 0.05) is 24.5 Å². The Labute approximate surface area is 155 Å². The Balaban J connectivity index is 1.46. The normalized spacial score (nSPS) is 18.7. The third-order valence-electron chi connectivity index (χ3n) is 4.95. The number of hydrogen-bond acceptors (Lipinski definition) is 3. The van der Waals surface area contributed by atoms with Crippen molar-refractivity contribution in [2.24, 2.45) is 5.92 Å². The van der Waals surface area contributed by atoms with E-state index in [2.05, 4.69) is 10.6 Å². The van der Waals surface area contributed by atoms with Crippen molar-refractivity contribution in [2.75, 3.05) is 30.3 Å². The summed E-state index contributed by atoms with van der Waals surface area (Å²) in [5, 5.41) is 5.78. The highest BCUT2D eigenvalue weighted by Crippen LogP contribution is 2.29.